The van der Waals surface area contributed by atoms with Crippen molar-refractivity contribution in [1.29, 1.82) is 0 Å². The highest BCUT2D eigenvalue weighted by Gasteiger charge is 2.36. The Morgan fingerprint density at radius 2 is 1.68 bits per heavy atom. The molecule has 5 nitrogen and oxygen atoms in total. The van der Waals surface area contributed by atoms with E-state index < -0.39 is 26.7 Å². The molecule has 10 heteroatoms. The van der Waals surface area contributed by atoms with E-state index in [0.29, 0.717) is 11.3 Å². The van der Waals surface area contributed by atoms with Gasteiger partial charge in [-0.05, 0) is 35.8 Å². The quantitative estimate of drug-likeness (QED) is 0.736. The summed E-state index contributed by atoms with van der Waals surface area (Å²) in [6.07, 6.45) is -4.77. The monoisotopic (exact) mass is 385 g/mol. The summed E-state index contributed by atoms with van der Waals surface area (Å²) in [5, 5.41) is 5.60. The number of benzene rings is 2. The van der Waals surface area contributed by atoms with Gasteiger partial charge < -0.3 is 0 Å². The van der Waals surface area contributed by atoms with Crippen LogP contribution >= 0.6 is 11.5 Å². The molecule has 0 saturated heterocycles. The number of halogens is 3. The summed E-state index contributed by atoms with van der Waals surface area (Å²) >= 11 is 1.17. The Bertz CT molecular complexity index is 970. The zero-order chi connectivity index (χ0) is 18.1. The summed E-state index contributed by atoms with van der Waals surface area (Å²) in [7, 11) is -4.39. The minimum atomic E-state index is -4.77. The molecule has 0 spiro atoms. The maximum atomic E-state index is 13.0. The van der Waals surface area contributed by atoms with Crippen molar-refractivity contribution in [3.05, 3.63) is 59.5 Å². The van der Waals surface area contributed by atoms with Gasteiger partial charge in [-0.25, -0.2) is 8.42 Å². The molecule has 1 N–H and O–H groups in total. The van der Waals surface area contributed by atoms with Crippen molar-refractivity contribution in [3.63, 3.8) is 0 Å². The lowest BCUT2D eigenvalue weighted by atomic mass is 10.2. The van der Waals surface area contributed by atoms with Gasteiger partial charge in [0.1, 0.15) is 5.69 Å². The normalized spacial score (nSPS) is 12.1. The largest absolute Gasteiger partial charge is 0.417 e. The fraction of sp³-hybridized carbons (Fsp3) is 0.0667. The van der Waals surface area contributed by atoms with E-state index >= 15 is 0 Å². The molecular weight excluding hydrogens is 375 g/mol. The van der Waals surface area contributed by atoms with Crippen LogP contribution in [0.5, 0.6) is 0 Å². The number of alkyl halides is 3. The second-order valence-corrected chi connectivity index (χ2v) is 7.23. The SMILES string of the molecule is O=S(=O)(Nc1ccc(-c2csnn2)cc1)c1ccccc1C(F)(F)F. The van der Waals surface area contributed by atoms with E-state index in [0.717, 1.165) is 18.2 Å². The number of sulfonamides is 1. The molecule has 130 valence electrons. The minimum absolute atomic E-state index is 0.143. The van der Waals surface area contributed by atoms with Crippen molar-refractivity contribution in [1.82, 2.24) is 9.59 Å². The van der Waals surface area contributed by atoms with E-state index in [1.165, 1.54) is 29.7 Å². The Hall–Kier alpha value is -2.46. The Morgan fingerprint density at radius 1 is 1.00 bits per heavy atom. The predicted octanol–water partition coefficient (Wildman–Crippen LogP) is 4.02. The third-order valence-corrected chi connectivity index (χ3v) is 5.22. The van der Waals surface area contributed by atoms with Crippen LogP contribution in [0.3, 0.4) is 0 Å². The fourth-order valence-corrected chi connectivity index (χ4v) is 3.90. The Kier molecular flexibility index (Phi) is 4.48. The molecule has 2 aromatic carbocycles. The first-order chi connectivity index (χ1) is 11.8. The predicted molar refractivity (Wildman–Crippen MR) is 87.6 cm³/mol. The molecule has 1 heterocycles. The second-order valence-electron chi connectivity index (χ2n) is 4.97. The fourth-order valence-electron chi connectivity index (χ4n) is 2.14. The van der Waals surface area contributed by atoms with Crippen molar-refractivity contribution in [2.75, 3.05) is 4.72 Å². The lowest BCUT2D eigenvalue weighted by Crippen LogP contribution is -2.18. The van der Waals surface area contributed by atoms with Crippen LogP contribution < -0.4 is 4.72 Å². The van der Waals surface area contributed by atoms with Gasteiger partial charge in [0.25, 0.3) is 10.0 Å². The summed E-state index contributed by atoms with van der Waals surface area (Å²) in [5.74, 6) is 0. The zero-order valence-corrected chi connectivity index (χ0v) is 14.0. The highest BCUT2D eigenvalue weighted by atomic mass is 32.2. The van der Waals surface area contributed by atoms with Crippen LogP contribution in [-0.2, 0) is 16.2 Å². The average molecular weight is 385 g/mol. The van der Waals surface area contributed by atoms with Crippen molar-refractivity contribution in [3.8, 4) is 11.3 Å². The molecule has 25 heavy (non-hydrogen) atoms. The maximum Gasteiger partial charge on any atom is 0.417 e. The highest BCUT2D eigenvalue weighted by Crippen LogP contribution is 2.34. The van der Waals surface area contributed by atoms with Crippen LogP contribution in [0.15, 0.2) is 58.8 Å². The van der Waals surface area contributed by atoms with Crippen molar-refractivity contribution >= 4 is 27.2 Å². The average Bonchev–Trinajstić information content (AvgIpc) is 3.09. The van der Waals surface area contributed by atoms with Gasteiger partial charge in [0.15, 0.2) is 0 Å². The van der Waals surface area contributed by atoms with Gasteiger partial charge in [-0.15, -0.1) is 5.10 Å². The van der Waals surface area contributed by atoms with E-state index in [1.54, 1.807) is 17.5 Å². The molecule has 0 radical (unpaired) electrons. The molecule has 0 aliphatic rings. The van der Waals surface area contributed by atoms with Crippen molar-refractivity contribution in [2.24, 2.45) is 0 Å². The molecule has 0 unspecified atom stereocenters. The molecule has 3 rings (SSSR count). The summed E-state index contributed by atoms with van der Waals surface area (Å²) in [6, 6.07) is 10.1. The van der Waals surface area contributed by atoms with Gasteiger partial charge in [-0.3, -0.25) is 4.72 Å². The minimum Gasteiger partial charge on any atom is -0.280 e. The van der Waals surface area contributed by atoms with Crippen LogP contribution in [0.25, 0.3) is 11.3 Å². The molecule has 3 aromatic rings. The molecule has 0 saturated carbocycles. The summed E-state index contributed by atoms with van der Waals surface area (Å²) < 4.78 is 69.7. The molecule has 0 amide bonds. The maximum absolute atomic E-state index is 13.0. The number of rotatable bonds is 4. The first kappa shape index (κ1) is 17.4. The Balaban J connectivity index is 1.90. The first-order valence-corrected chi connectivity index (χ1v) is 9.16. The Labute approximate surface area is 145 Å². The van der Waals surface area contributed by atoms with Gasteiger partial charge >= 0.3 is 6.18 Å². The van der Waals surface area contributed by atoms with Gasteiger partial charge in [-0.2, -0.15) is 13.2 Å². The topological polar surface area (TPSA) is 72.0 Å². The molecule has 0 aliphatic carbocycles. The van der Waals surface area contributed by atoms with Crippen LogP contribution in [0.4, 0.5) is 18.9 Å². The summed E-state index contributed by atoms with van der Waals surface area (Å²) in [4.78, 5) is -0.824. The van der Waals surface area contributed by atoms with Crippen LogP contribution in [0.2, 0.25) is 0 Å². The third kappa shape index (κ3) is 3.80. The van der Waals surface area contributed by atoms with E-state index in [4.69, 9.17) is 0 Å². The van der Waals surface area contributed by atoms with E-state index in [9.17, 15) is 21.6 Å². The lowest BCUT2D eigenvalue weighted by Gasteiger charge is -2.14. The number of nitrogens with one attached hydrogen (secondary N) is 1. The Morgan fingerprint density at radius 3 is 2.28 bits per heavy atom. The second kappa shape index (κ2) is 6.45. The van der Waals surface area contributed by atoms with Gasteiger partial charge in [0, 0.05) is 16.6 Å². The van der Waals surface area contributed by atoms with Crippen LogP contribution in [0.1, 0.15) is 5.56 Å². The van der Waals surface area contributed by atoms with Gasteiger partial charge in [-0.1, -0.05) is 28.8 Å². The number of nitrogens with zero attached hydrogens (tertiary/aromatic N) is 2. The van der Waals surface area contributed by atoms with Gasteiger partial charge in [0.05, 0.1) is 10.5 Å². The van der Waals surface area contributed by atoms with Crippen LogP contribution in [0, 0.1) is 0 Å². The zero-order valence-electron chi connectivity index (χ0n) is 12.4. The number of anilines is 1. The third-order valence-electron chi connectivity index (χ3n) is 3.27. The van der Waals surface area contributed by atoms with Crippen LogP contribution in [-0.4, -0.2) is 18.0 Å². The number of hydrogen-bond acceptors (Lipinski definition) is 5. The highest BCUT2D eigenvalue weighted by molar-refractivity contribution is 7.92. The van der Waals surface area contributed by atoms with Crippen molar-refractivity contribution < 1.29 is 21.6 Å². The molecule has 0 atom stereocenters. The molecule has 1 aromatic heterocycles. The molecule has 0 fully saturated rings. The van der Waals surface area contributed by atoms with E-state index in [2.05, 4.69) is 14.3 Å². The first-order valence-electron chi connectivity index (χ1n) is 6.84. The van der Waals surface area contributed by atoms with E-state index in [1.807, 2.05) is 0 Å². The summed E-state index contributed by atoms with van der Waals surface area (Å²) in [5.41, 5.74) is 0.269. The summed E-state index contributed by atoms with van der Waals surface area (Å²) in [6.45, 7) is 0. The number of aromatic nitrogens is 2. The number of hydrogen-bond donors (Lipinski definition) is 1. The van der Waals surface area contributed by atoms with Gasteiger partial charge in [0.2, 0.25) is 0 Å². The van der Waals surface area contributed by atoms with Crippen molar-refractivity contribution in [2.45, 2.75) is 11.1 Å². The lowest BCUT2D eigenvalue weighted by molar-refractivity contribution is -0.139. The molecule has 0 bridgehead atoms. The molecule has 0 aliphatic heterocycles. The van der Waals surface area contributed by atoms with E-state index in [-0.39, 0.29) is 5.69 Å². The standard InChI is InChI=1S/C15H10F3N3O2S2/c16-15(17,18)12-3-1-2-4-14(12)25(22,23)20-11-7-5-10(6-8-11)13-9-24-21-19-13/h1-9,20H. The smallest absolute Gasteiger partial charge is 0.280 e. The molecular formula is C15H10F3N3O2S2.